The second-order valence-corrected chi connectivity index (χ2v) is 5.08. The summed E-state index contributed by atoms with van der Waals surface area (Å²) in [6.45, 7) is 3.86. The Hall–Kier alpha value is -1.88. The highest BCUT2D eigenvalue weighted by atomic mass is 16.5. The molecule has 3 rings (SSSR count). The van der Waals surface area contributed by atoms with Crippen LogP contribution in [0.2, 0.25) is 0 Å². The third-order valence-corrected chi connectivity index (χ3v) is 3.71. The number of esters is 1. The van der Waals surface area contributed by atoms with Gasteiger partial charge in [0.1, 0.15) is 11.9 Å². The van der Waals surface area contributed by atoms with E-state index in [1.807, 2.05) is 31.2 Å². The van der Waals surface area contributed by atoms with Gasteiger partial charge < -0.3 is 9.72 Å². The van der Waals surface area contributed by atoms with Gasteiger partial charge in [-0.3, -0.25) is 9.69 Å². The second kappa shape index (κ2) is 5.63. The number of nitrogens with one attached hydrogen (secondary N) is 1. The van der Waals surface area contributed by atoms with Gasteiger partial charge in [-0.25, -0.2) is 4.98 Å². The van der Waals surface area contributed by atoms with Crippen LogP contribution in [0.1, 0.15) is 25.6 Å². The highest BCUT2D eigenvalue weighted by Crippen LogP contribution is 2.21. The smallest absolute Gasteiger partial charge is 0.323 e. The van der Waals surface area contributed by atoms with Crippen LogP contribution in [0.3, 0.4) is 0 Å². The van der Waals surface area contributed by atoms with Gasteiger partial charge in [-0.2, -0.15) is 0 Å². The molecule has 1 atom stereocenters. The standard InChI is InChI=1S/C15H19N3O2/c1-2-20-15(19)13-8-5-9-18(13)10-14-16-11-6-3-4-7-12(11)17-14/h3-4,6-7,13H,2,5,8-10H2,1H3,(H,16,17). The largest absolute Gasteiger partial charge is 0.465 e. The van der Waals surface area contributed by atoms with Crippen LogP contribution >= 0.6 is 0 Å². The van der Waals surface area contributed by atoms with Gasteiger partial charge >= 0.3 is 5.97 Å². The van der Waals surface area contributed by atoms with Crippen molar-refractivity contribution in [2.24, 2.45) is 0 Å². The maximum atomic E-state index is 11.9. The molecule has 1 N–H and O–H groups in total. The van der Waals surface area contributed by atoms with E-state index in [1.165, 1.54) is 0 Å². The molecule has 0 bridgehead atoms. The van der Waals surface area contributed by atoms with Crippen LogP contribution in [-0.4, -0.2) is 40.0 Å². The van der Waals surface area contributed by atoms with Crippen LogP contribution in [0.25, 0.3) is 11.0 Å². The zero-order valence-electron chi connectivity index (χ0n) is 11.6. The van der Waals surface area contributed by atoms with Crippen molar-refractivity contribution in [1.29, 1.82) is 0 Å². The second-order valence-electron chi connectivity index (χ2n) is 5.08. The molecule has 0 radical (unpaired) electrons. The average molecular weight is 273 g/mol. The molecule has 20 heavy (non-hydrogen) atoms. The summed E-state index contributed by atoms with van der Waals surface area (Å²) >= 11 is 0. The third kappa shape index (κ3) is 2.54. The van der Waals surface area contributed by atoms with Gasteiger partial charge in [0.2, 0.25) is 0 Å². The Balaban J connectivity index is 1.74. The fraction of sp³-hybridized carbons (Fsp3) is 0.467. The molecule has 1 unspecified atom stereocenters. The number of para-hydroxylation sites is 2. The molecule has 2 aromatic rings. The summed E-state index contributed by atoms with van der Waals surface area (Å²) in [5.74, 6) is 0.795. The molecule has 1 saturated heterocycles. The number of hydrogen-bond donors (Lipinski definition) is 1. The number of carbonyl (C=O) groups excluding carboxylic acids is 1. The summed E-state index contributed by atoms with van der Waals surface area (Å²) in [5, 5.41) is 0. The van der Waals surface area contributed by atoms with E-state index in [0.29, 0.717) is 13.2 Å². The molecule has 1 aliphatic rings. The fourth-order valence-corrected chi connectivity index (χ4v) is 2.79. The van der Waals surface area contributed by atoms with Crippen LogP contribution in [-0.2, 0) is 16.1 Å². The Morgan fingerprint density at radius 3 is 3.15 bits per heavy atom. The van der Waals surface area contributed by atoms with Gasteiger partial charge in [-0.15, -0.1) is 0 Å². The van der Waals surface area contributed by atoms with Crippen LogP contribution in [0.4, 0.5) is 0 Å². The lowest BCUT2D eigenvalue weighted by molar-refractivity contribution is -0.148. The summed E-state index contributed by atoms with van der Waals surface area (Å²) in [6.07, 6.45) is 1.91. The number of nitrogens with zero attached hydrogens (tertiary/aromatic N) is 2. The monoisotopic (exact) mass is 273 g/mol. The molecule has 1 aliphatic heterocycles. The van der Waals surface area contributed by atoms with Crippen molar-refractivity contribution in [2.75, 3.05) is 13.2 Å². The molecule has 1 aromatic heterocycles. The highest BCUT2D eigenvalue weighted by Gasteiger charge is 2.32. The highest BCUT2D eigenvalue weighted by molar-refractivity contribution is 5.76. The van der Waals surface area contributed by atoms with Gasteiger partial charge in [-0.1, -0.05) is 12.1 Å². The molecular formula is C15H19N3O2. The van der Waals surface area contributed by atoms with E-state index in [4.69, 9.17) is 4.74 Å². The van der Waals surface area contributed by atoms with Crippen LogP contribution in [0.15, 0.2) is 24.3 Å². The number of imidazole rings is 1. The average Bonchev–Trinajstić information content (AvgIpc) is 3.05. The van der Waals surface area contributed by atoms with E-state index in [0.717, 1.165) is 36.2 Å². The van der Waals surface area contributed by atoms with Gasteiger partial charge in [0.15, 0.2) is 0 Å². The summed E-state index contributed by atoms with van der Waals surface area (Å²) in [5.41, 5.74) is 2.00. The van der Waals surface area contributed by atoms with E-state index >= 15 is 0 Å². The molecule has 106 valence electrons. The first-order valence-corrected chi connectivity index (χ1v) is 7.12. The van der Waals surface area contributed by atoms with Gasteiger partial charge in [-0.05, 0) is 38.4 Å². The molecule has 5 heteroatoms. The molecule has 5 nitrogen and oxygen atoms in total. The molecule has 0 amide bonds. The first-order chi connectivity index (χ1) is 9.78. The number of benzene rings is 1. The molecular weight excluding hydrogens is 254 g/mol. The number of likely N-dealkylation sites (tertiary alicyclic amines) is 1. The first kappa shape index (κ1) is 13.1. The van der Waals surface area contributed by atoms with Crippen molar-refractivity contribution in [2.45, 2.75) is 32.4 Å². The van der Waals surface area contributed by atoms with Crippen molar-refractivity contribution in [1.82, 2.24) is 14.9 Å². The normalized spacial score (nSPS) is 19.6. The lowest BCUT2D eigenvalue weighted by atomic mass is 10.2. The molecule has 1 fully saturated rings. The third-order valence-electron chi connectivity index (χ3n) is 3.71. The lowest BCUT2D eigenvalue weighted by Crippen LogP contribution is -2.37. The maximum absolute atomic E-state index is 11.9. The number of rotatable bonds is 4. The van der Waals surface area contributed by atoms with Gasteiger partial charge in [0, 0.05) is 0 Å². The van der Waals surface area contributed by atoms with Gasteiger partial charge in [0.05, 0.1) is 24.2 Å². The number of fused-ring (bicyclic) bond motifs is 1. The first-order valence-electron chi connectivity index (χ1n) is 7.12. The Labute approximate surface area is 117 Å². The van der Waals surface area contributed by atoms with E-state index in [-0.39, 0.29) is 12.0 Å². The van der Waals surface area contributed by atoms with E-state index in [9.17, 15) is 4.79 Å². The molecule has 0 saturated carbocycles. The van der Waals surface area contributed by atoms with Crippen molar-refractivity contribution in [3.8, 4) is 0 Å². The molecule has 0 aliphatic carbocycles. The minimum Gasteiger partial charge on any atom is -0.465 e. The SMILES string of the molecule is CCOC(=O)C1CCCN1Cc1nc2ccccc2[nH]1. The van der Waals surface area contributed by atoms with Crippen molar-refractivity contribution in [3.05, 3.63) is 30.1 Å². The summed E-state index contributed by atoms with van der Waals surface area (Å²) in [4.78, 5) is 21.9. The number of aromatic nitrogens is 2. The van der Waals surface area contributed by atoms with E-state index in [1.54, 1.807) is 0 Å². The summed E-state index contributed by atoms with van der Waals surface area (Å²) in [6, 6.07) is 7.84. The predicted molar refractivity (Wildman–Crippen MR) is 76.2 cm³/mol. The molecule has 1 aromatic carbocycles. The molecule has 0 spiro atoms. The minimum atomic E-state index is -0.122. The van der Waals surface area contributed by atoms with Crippen molar-refractivity contribution < 1.29 is 9.53 Å². The van der Waals surface area contributed by atoms with E-state index < -0.39 is 0 Å². The number of hydrogen-bond acceptors (Lipinski definition) is 4. The van der Waals surface area contributed by atoms with Crippen LogP contribution in [0, 0.1) is 0 Å². The fourth-order valence-electron chi connectivity index (χ4n) is 2.79. The zero-order chi connectivity index (χ0) is 13.9. The summed E-state index contributed by atoms with van der Waals surface area (Å²) in [7, 11) is 0. The zero-order valence-corrected chi connectivity index (χ0v) is 11.6. The van der Waals surface area contributed by atoms with Crippen molar-refractivity contribution in [3.63, 3.8) is 0 Å². The maximum Gasteiger partial charge on any atom is 0.323 e. The number of H-pyrrole nitrogens is 1. The summed E-state index contributed by atoms with van der Waals surface area (Å²) < 4.78 is 5.14. The Morgan fingerprint density at radius 2 is 2.35 bits per heavy atom. The number of carbonyl (C=O) groups is 1. The predicted octanol–water partition coefficient (Wildman–Crippen LogP) is 2.09. The number of ether oxygens (including phenoxy) is 1. The Kier molecular flexibility index (Phi) is 3.69. The Bertz CT molecular complexity index is 575. The van der Waals surface area contributed by atoms with Crippen molar-refractivity contribution >= 4 is 17.0 Å². The van der Waals surface area contributed by atoms with Crippen LogP contribution < -0.4 is 0 Å². The number of aromatic amines is 1. The van der Waals surface area contributed by atoms with Gasteiger partial charge in [0.25, 0.3) is 0 Å². The minimum absolute atomic E-state index is 0.110. The Morgan fingerprint density at radius 1 is 1.50 bits per heavy atom. The van der Waals surface area contributed by atoms with Crippen LogP contribution in [0.5, 0.6) is 0 Å². The van der Waals surface area contributed by atoms with E-state index in [2.05, 4.69) is 14.9 Å². The molecule has 2 heterocycles. The topological polar surface area (TPSA) is 58.2 Å². The quantitative estimate of drug-likeness (QED) is 0.867. The lowest BCUT2D eigenvalue weighted by Gasteiger charge is -2.21.